The molecule has 0 spiro atoms. The molecule has 0 aliphatic carbocycles. The lowest BCUT2D eigenvalue weighted by Crippen LogP contribution is -2.30. The first-order valence-electron chi connectivity index (χ1n) is 6.05. The number of halogens is 1. The minimum Gasteiger partial charge on any atom is -0.423 e. The third kappa shape index (κ3) is 3.78. The van der Waals surface area contributed by atoms with E-state index in [-0.39, 0.29) is 5.46 Å². The minimum absolute atomic E-state index is 0.138. The van der Waals surface area contributed by atoms with Gasteiger partial charge in [-0.3, -0.25) is 0 Å². The molecule has 0 amide bonds. The van der Waals surface area contributed by atoms with Crippen molar-refractivity contribution in [3.05, 3.63) is 47.0 Å². The fourth-order valence-corrected chi connectivity index (χ4v) is 2.68. The molecule has 1 aromatic carbocycles. The first-order valence-corrected chi connectivity index (χ1v) is 7.04. The van der Waals surface area contributed by atoms with Gasteiger partial charge in [-0.25, -0.2) is 14.4 Å². The van der Waals surface area contributed by atoms with Crippen LogP contribution >= 0.6 is 11.8 Å². The van der Waals surface area contributed by atoms with E-state index in [0.29, 0.717) is 16.5 Å². The Morgan fingerprint density at radius 3 is 2.35 bits per heavy atom. The van der Waals surface area contributed by atoms with Gasteiger partial charge in [0.25, 0.3) is 0 Å². The average Bonchev–Trinajstić information content (AvgIpc) is 2.36. The van der Waals surface area contributed by atoms with Gasteiger partial charge in [0.05, 0.1) is 0 Å². The second-order valence-corrected chi connectivity index (χ2v) is 5.39. The number of aryl methyl sites for hydroxylation is 2. The molecule has 0 atom stereocenters. The Bertz CT molecular complexity index is 605. The van der Waals surface area contributed by atoms with Crippen LogP contribution in [0.15, 0.2) is 29.4 Å². The second kappa shape index (κ2) is 6.34. The molecule has 1 aromatic heterocycles. The molecular formula is C13H14BFN2O2S. The summed E-state index contributed by atoms with van der Waals surface area (Å²) in [6.45, 7) is 3.77. The van der Waals surface area contributed by atoms with Crippen LogP contribution in [0.4, 0.5) is 4.39 Å². The van der Waals surface area contributed by atoms with Crippen molar-refractivity contribution in [3.63, 3.8) is 0 Å². The fourth-order valence-electron chi connectivity index (χ4n) is 1.74. The highest BCUT2D eigenvalue weighted by atomic mass is 32.2. The highest BCUT2D eigenvalue weighted by Crippen LogP contribution is 2.21. The van der Waals surface area contributed by atoms with Crippen molar-refractivity contribution >= 4 is 24.3 Å². The number of aromatic nitrogens is 2. The van der Waals surface area contributed by atoms with Gasteiger partial charge in [-0.1, -0.05) is 23.9 Å². The molecule has 0 unspecified atom stereocenters. The Labute approximate surface area is 121 Å². The minimum atomic E-state index is -1.66. The van der Waals surface area contributed by atoms with Gasteiger partial charge in [0.2, 0.25) is 0 Å². The normalized spacial score (nSPS) is 10.7. The van der Waals surface area contributed by atoms with Crippen LogP contribution in [0.5, 0.6) is 0 Å². The number of hydrogen-bond acceptors (Lipinski definition) is 5. The van der Waals surface area contributed by atoms with Crippen LogP contribution < -0.4 is 5.46 Å². The lowest BCUT2D eigenvalue weighted by atomic mass is 9.80. The molecule has 1 heterocycles. The lowest BCUT2D eigenvalue weighted by molar-refractivity contribution is 0.425. The third-order valence-electron chi connectivity index (χ3n) is 2.69. The molecule has 0 aliphatic rings. The zero-order valence-electron chi connectivity index (χ0n) is 11.2. The number of benzene rings is 1. The molecule has 2 rings (SSSR count). The second-order valence-electron chi connectivity index (χ2n) is 4.45. The SMILES string of the molecule is Cc1cc(C)nc(SCc2ccc(B(O)O)cc2F)n1. The van der Waals surface area contributed by atoms with Crippen LogP contribution in [0.25, 0.3) is 0 Å². The maximum Gasteiger partial charge on any atom is 0.488 e. The number of nitrogens with zero attached hydrogens (tertiary/aromatic N) is 2. The van der Waals surface area contributed by atoms with E-state index in [4.69, 9.17) is 10.0 Å². The van der Waals surface area contributed by atoms with Crippen LogP contribution in [0.2, 0.25) is 0 Å². The molecule has 7 heteroatoms. The fraction of sp³-hybridized carbons (Fsp3) is 0.231. The van der Waals surface area contributed by atoms with Gasteiger partial charge in [-0.05, 0) is 37.0 Å². The summed E-state index contributed by atoms with van der Waals surface area (Å²) in [6.07, 6.45) is 0. The summed E-state index contributed by atoms with van der Waals surface area (Å²) < 4.78 is 13.8. The molecule has 0 saturated heterocycles. The molecule has 20 heavy (non-hydrogen) atoms. The van der Waals surface area contributed by atoms with Crippen LogP contribution in [0, 0.1) is 19.7 Å². The standard InChI is InChI=1S/C13H14BFN2O2S/c1-8-5-9(2)17-13(16-8)20-7-10-3-4-11(14(18)19)6-12(10)15/h3-6,18-19H,7H2,1-2H3. The van der Waals surface area contributed by atoms with Gasteiger partial charge in [-0.2, -0.15) is 0 Å². The van der Waals surface area contributed by atoms with Crippen molar-refractivity contribution in [1.29, 1.82) is 0 Å². The van der Waals surface area contributed by atoms with E-state index in [1.807, 2.05) is 19.9 Å². The zero-order valence-corrected chi connectivity index (χ0v) is 12.0. The maximum atomic E-state index is 13.8. The highest BCUT2D eigenvalue weighted by Gasteiger charge is 2.13. The summed E-state index contributed by atoms with van der Waals surface area (Å²) in [5.74, 6) is -0.0799. The molecule has 0 bridgehead atoms. The van der Waals surface area contributed by atoms with Crippen molar-refractivity contribution in [1.82, 2.24) is 9.97 Å². The summed E-state index contributed by atoms with van der Waals surface area (Å²) in [5.41, 5.74) is 2.36. The van der Waals surface area contributed by atoms with E-state index in [1.54, 1.807) is 6.07 Å². The van der Waals surface area contributed by atoms with Crippen molar-refractivity contribution in [2.75, 3.05) is 0 Å². The third-order valence-corrected chi connectivity index (χ3v) is 3.59. The predicted octanol–water partition coefficient (Wildman–Crippen LogP) is 1.20. The summed E-state index contributed by atoms with van der Waals surface area (Å²) in [4.78, 5) is 8.55. The quantitative estimate of drug-likeness (QED) is 0.503. The monoisotopic (exact) mass is 292 g/mol. The first kappa shape index (κ1) is 15.0. The van der Waals surface area contributed by atoms with E-state index in [1.165, 1.54) is 17.8 Å². The summed E-state index contributed by atoms with van der Waals surface area (Å²) in [5, 5.41) is 18.5. The summed E-state index contributed by atoms with van der Waals surface area (Å²) in [6, 6.07) is 6.04. The van der Waals surface area contributed by atoms with Gasteiger partial charge in [0.1, 0.15) is 5.82 Å². The Morgan fingerprint density at radius 2 is 1.80 bits per heavy atom. The lowest BCUT2D eigenvalue weighted by Gasteiger charge is -2.06. The van der Waals surface area contributed by atoms with Crippen LogP contribution in [0.1, 0.15) is 17.0 Å². The maximum absolute atomic E-state index is 13.8. The predicted molar refractivity (Wildman–Crippen MR) is 77.3 cm³/mol. The first-order chi connectivity index (χ1) is 9.45. The van der Waals surface area contributed by atoms with Crippen molar-refractivity contribution in [3.8, 4) is 0 Å². The zero-order chi connectivity index (χ0) is 14.7. The van der Waals surface area contributed by atoms with Crippen molar-refractivity contribution in [2.24, 2.45) is 0 Å². The Hall–Kier alpha value is -1.44. The molecule has 4 nitrogen and oxygen atoms in total. The van der Waals surface area contributed by atoms with E-state index in [0.717, 1.165) is 17.5 Å². The van der Waals surface area contributed by atoms with Crippen LogP contribution in [-0.2, 0) is 5.75 Å². The number of rotatable bonds is 4. The van der Waals surface area contributed by atoms with Gasteiger partial charge >= 0.3 is 7.12 Å². The number of thioether (sulfide) groups is 1. The molecule has 0 radical (unpaired) electrons. The van der Waals surface area contributed by atoms with Gasteiger partial charge < -0.3 is 10.0 Å². The largest absolute Gasteiger partial charge is 0.488 e. The van der Waals surface area contributed by atoms with Crippen LogP contribution in [-0.4, -0.2) is 27.1 Å². The Kier molecular flexibility index (Phi) is 4.75. The summed E-state index contributed by atoms with van der Waals surface area (Å²) >= 11 is 1.34. The molecule has 2 aromatic rings. The van der Waals surface area contributed by atoms with Gasteiger partial charge in [0.15, 0.2) is 5.16 Å². The van der Waals surface area contributed by atoms with E-state index in [9.17, 15) is 4.39 Å². The Balaban J connectivity index is 2.11. The topological polar surface area (TPSA) is 66.2 Å². The molecule has 104 valence electrons. The van der Waals surface area contributed by atoms with Crippen molar-refractivity contribution < 1.29 is 14.4 Å². The van der Waals surface area contributed by atoms with Crippen LogP contribution in [0.3, 0.4) is 0 Å². The highest BCUT2D eigenvalue weighted by molar-refractivity contribution is 7.98. The molecule has 2 N–H and O–H groups in total. The average molecular weight is 292 g/mol. The van der Waals surface area contributed by atoms with Gasteiger partial charge in [0, 0.05) is 17.1 Å². The van der Waals surface area contributed by atoms with Crippen molar-refractivity contribution in [2.45, 2.75) is 24.8 Å². The van der Waals surface area contributed by atoms with Gasteiger partial charge in [-0.15, -0.1) is 0 Å². The molecule has 0 aliphatic heterocycles. The summed E-state index contributed by atoms with van der Waals surface area (Å²) in [7, 11) is -1.66. The molecule has 0 saturated carbocycles. The Morgan fingerprint density at radius 1 is 1.15 bits per heavy atom. The van der Waals surface area contributed by atoms with E-state index < -0.39 is 12.9 Å². The van der Waals surface area contributed by atoms with E-state index >= 15 is 0 Å². The molecule has 0 fully saturated rings. The molecular weight excluding hydrogens is 278 g/mol. The smallest absolute Gasteiger partial charge is 0.423 e. The van der Waals surface area contributed by atoms with E-state index in [2.05, 4.69) is 9.97 Å². The number of hydrogen-bond donors (Lipinski definition) is 2.